The van der Waals surface area contributed by atoms with Crippen molar-refractivity contribution in [2.75, 3.05) is 4.90 Å². The molecule has 3 aromatic heterocycles. The van der Waals surface area contributed by atoms with Crippen molar-refractivity contribution in [3.05, 3.63) is 187 Å². The number of rotatable bonds is 10. The first kappa shape index (κ1) is 37.1. The minimum atomic E-state index is -0.386. The van der Waals surface area contributed by atoms with Crippen molar-refractivity contribution in [1.29, 1.82) is 0 Å². The van der Waals surface area contributed by atoms with Gasteiger partial charge in [-0.15, -0.1) is 0 Å². The van der Waals surface area contributed by atoms with Crippen LogP contribution in [0.1, 0.15) is 37.1 Å². The molecule has 282 valence electrons. The van der Waals surface area contributed by atoms with Crippen LogP contribution in [0.5, 0.6) is 0 Å². The lowest BCUT2D eigenvalue weighted by atomic mass is 10.00. The van der Waals surface area contributed by atoms with Crippen LogP contribution in [0, 0.1) is 17.5 Å². The SMILES string of the molecule is CC(c1ccc(F)cc1)N(C(=S)N(c1ccc(-c2conc2-c2cccnc2)cc1)c1ccc(-c2nocc2-c2ccccc2F)cc1)C(C)c1ccc(F)cc1. The van der Waals surface area contributed by atoms with Gasteiger partial charge in [-0.3, -0.25) is 9.88 Å². The fraction of sp³-hybridized carbons (Fsp3) is 0.0870. The fourth-order valence-corrected chi connectivity index (χ4v) is 7.51. The van der Waals surface area contributed by atoms with Crippen molar-refractivity contribution in [2.45, 2.75) is 25.9 Å². The lowest BCUT2D eigenvalue weighted by Crippen LogP contribution is -2.43. The molecule has 0 fully saturated rings. The fourth-order valence-electron chi connectivity index (χ4n) is 6.98. The van der Waals surface area contributed by atoms with Crippen LogP contribution in [0.25, 0.3) is 44.8 Å². The van der Waals surface area contributed by atoms with E-state index in [4.69, 9.17) is 21.3 Å². The standard InChI is InChI=1S/C46H34F3N5O2S/c1-29(31-9-17-36(47)18-10-31)53(30(2)32-11-19-37(48)20-12-32)46(57)54(38-21-13-33(14-22-38)41-27-55-52-45(41)35-6-5-25-50-26-35)39-23-15-34(16-24-39)44-42(28-56-51-44)40-7-3-4-8-43(40)49/h3-30H,1-2H3. The van der Waals surface area contributed by atoms with Gasteiger partial charge in [-0.2, -0.15) is 0 Å². The highest BCUT2D eigenvalue weighted by molar-refractivity contribution is 7.80. The summed E-state index contributed by atoms with van der Waals surface area (Å²) in [5.41, 5.74) is 8.36. The van der Waals surface area contributed by atoms with Crippen molar-refractivity contribution in [3.63, 3.8) is 0 Å². The van der Waals surface area contributed by atoms with E-state index in [2.05, 4.69) is 20.2 Å². The highest BCUT2D eigenvalue weighted by Gasteiger charge is 2.31. The molecule has 2 atom stereocenters. The van der Waals surface area contributed by atoms with Crippen molar-refractivity contribution >= 4 is 28.7 Å². The van der Waals surface area contributed by atoms with Gasteiger partial charge in [-0.1, -0.05) is 77.0 Å². The quantitative estimate of drug-likeness (QED) is 0.127. The zero-order chi connectivity index (χ0) is 39.5. The van der Waals surface area contributed by atoms with Crippen LogP contribution in [0.2, 0.25) is 0 Å². The molecule has 0 radical (unpaired) electrons. The van der Waals surface area contributed by atoms with E-state index in [1.807, 2.05) is 79.4 Å². The molecule has 5 aromatic carbocycles. The smallest absolute Gasteiger partial charge is 0.181 e. The van der Waals surface area contributed by atoms with E-state index in [0.29, 0.717) is 33.2 Å². The summed E-state index contributed by atoms with van der Waals surface area (Å²) in [6.07, 6.45) is 6.48. The van der Waals surface area contributed by atoms with Crippen molar-refractivity contribution in [1.82, 2.24) is 20.2 Å². The molecule has 11 heteroatoms. The molecule has 0 spiro atoms. The molecule has 7 nitrogen and oxygen atoms in total. The number of thiocarbonyl (C=S) groups is 1. The van der Waals surface area contributed by atoms with Crippen molar-refractivity contribution in [2.24, 2.45) is 0 Å². The maximum Gasteiger partial charge on any atom is 0.181 e. The Morgan fingerprint density at radius 1 is 0.561 bits per heavy atom. The largest absolute Gasteiger partial charge is 0.363 e. The second kappa shape index (κ2) is 16.1. The van der Waals surface area contributed by atoms with Crippen LogP contribution in [0.15, 0.2) is 167 Å². The van der Waals surface area contributed by atoms with E-state index in [1.54, 1.807) is 61.1 Å². The zero-order valence-corrected chi connectivity index (χ0v) is 31.6. The summed E-state index contributed by atoms with van der Waals surface area (Å²) in [7, 11) is 0. The second-order valence-corrected chi connectivity index (χ2v) is 13.8. The van der Waals surface area contributed by atoms with Gasteiger partial charge in [0.2, 0.25) is 0 Å². The molecule has 0 aliphatic rings. The van der Waals surface area contributed by atoms with Crippen LogP contribution in [-0.4, -0.2) is 25.3 Å². The average Bonchev–Trinajstić information content (AvgIpc) is 3.94. The number of aromatic nitrogens is 3. The number of nitrogens with zero attached hydrogens (tertiary/aromatic N) is 5. The van der Waals surface area contributed by atoms with Crippen LogP contribution in [0.3, 0.4) is 0 Å². The van der Waals surface area contributed by atoms with Gasteiger partial charge in [0, 0.05) is 46.0 Å². The molecule has 57 heavy (non-hydrogen) atoms. The third-order valence-electron chi connectivity index (χ3n) is 10.0. The summed E-state index contributed by atoms with van der Waals surface area (Å²) in [6, 6.07) is 37.7. The molecular formula is C46H34F3N5O2S. The van der Waals surface area contributed by atoms with Gasteiger partial charge in [-0.05, 0) is 109 Å². The molecule has 8 aromatic rings. The molecule has 3 heterocycles. The lowest BCUT2D eigenvalue weighted by Gasteiger charge is -2.41. The molecule has 0 saturated carbocycles. The minimum Gasteiger partial charge on any atom is -0.363 e. The summed E-state index contributed by atoms with van der Waals surface area (Å²) in [5, 5.41) is 8.91. The highest BCUT2D eigenvalue weighted by Crippen LogP contribution is 2.40. The van der Waals surface area contributed by atoms with Gasteiger partial charge in [0.1, 0.15) is 41.4 Å². The molecule has 0 saturated heterocycles. The molecule has 8 rings (SSSR count). The molecular weight excluding hydrogens is 744 g/mol. The van der Waals surface area contributed by atoms with E-state index in [-0.39, 0.29) is 29.5 Å². The predicted octanol–water partition coefficient (Wildman–Crippen LogP) is 12.4. The number of hydrogen-bond acceptors (Lipinski definition) is 6. The first-order valence-corrected chi connectivity index (χ1v) is 18.6. The van der Waals surface area contributed by atoms with E-state index in [0.717, 1.165) is 39.2 Å². The van der Waals surface area contributed by atoms with Gasteiger partial charge in [0.25, 0.3) is 0 Å². The van der Waals surface area contributed by atoms with Gasteiger partial charge in [-0.25, -0.2) is 13.2 Å². The number of anilines is 2. The van der Waals surface area contributed by atoms with Gasteiger partial charge in [0.15, 0.2) is 5.11 Å². The molecule has 0 N–H and O–H groups in total. The average molecular weight is 778 g/mol. The highest BCUT2D eigenvalue weighted by atomic mass is 32.1. The van der Waals surface area contributed by atoms with Crippen LogP contribution < -0.4 is 4.90 Å². The Labute approximate surface area is 332 Å². The monoisotopic (exact) mass is 777 g/mol. The van der Waals surface area contributed by atoms with Crippen LogP contribution in [-0.2, 0) is 0 Å². The molecule has 0 aliphatic carbocycles. The van der Waals surface area contributed by atoms with E-state index < -0.39 is 0 Å². The van der Waals surface area contributed by atoms with E-state index in [1.165, 1.54) is 36.6 Å². The van der Waals surface area contributed by atoms with Crippen LogP contribution >= 0.6 is 12.2 Å². The maximum absolute atomic E-state index is 14.9. The van der Waals surface area contributed by atoms with Gasteiger partial charge >= 0.3 is 0 Å². The van der Waals surface area contributed by atoms with E-state index in [9.17, 15) is 13.2 Å². The van der Waals surface area contributed by atoms with E-state index >= 15 is 0 Å². The van der Waals surface area contributed by atoms with Crippen molar-refractivity contribution < 1.29 is 22.2 Å². The number of benzene rings is 5. The molecule has 0 aliphatic heterocycles. The number of hydrogen-bond donors (Lipinski definition) is 0. The Hall–Kier alpha value is -6.85. The Kier molecular flexibility index (Phi) is 10.5. The second-order valence-electron chi connectivity index (χ2n) is 13.4. The molecule has 2 unspecified atom stereocenters. The van der Waals surface area contributed by atoms with Crippen molar-refractivity contribution in [3.8, 4) is 44.8 Å². The summed E-state index contributed by atoms with van der Waals surface area (Å²) < 4.78 is 53.9. The predicted molar refractivity (Wildman–Crippen MR) is 219 cm³/mol. The Bertz CT molecular complexity index is 2560. The Balaban J connectivity index is 1.22. The van der Waals surface area contributed by atoms with Crippen LogP contribution in [0.4, 0.5) is 24.5 Å². The number of halogens is 3. The Morgan fingerprint density at radius 2 is 1.09 bits per heavy atom. The molecule has 0 bridgehead atoms. The number of pyridine rings is 1. The van der Waals surface area contributed by atoms with Gasteiger partial charge in [0.05, 0.1) is 17.6 Å². The first-order valence-electron chi connectivity index (χ1n) is 18.1. The zero-order valence-electron chi connectivity index (χ0n) is 30.8. The minimum absolute atomic E-state index is 0.349. The summed E-state index contributed by atoms with van der Waals surface area (Å²) in [6.45, 7) is 4.01. The summed E-state index contributed by atoms with van der Waals surface area (Å²) in [5.74, 6) is -1.08. The molecule has 0 amide bonds. The third kappa shape index (κ3) is 7.57. The third-order valence-corrected chi connectivity index (χ3v) is 10.4. The Morgan fingerprint density at radius 3 is 1.63 bits per heavy atom. The topological polar surface area (TPSA) is 71.4 Å². The normalized spacial score (nSPS) is 12.2. The maximum atomic E-state index is 14.9. The van der Waals surface area contributed by atoms with Gasteiger partial charge < -0.3 is 13.9 Å². The first-order chi connectivity index (χ1) is 27.8. The summed E-state index contributed by atoms with van der Waals surface area (Å²) >= 11 is 6.48. The lowest BCUT2D eigenvalue weighted by molar-refractivity contribution is 0.270. The summed E-state index contributed by atoms with van der Waals surface area (Å²) in [4.78, 5) is 8.26.